The molecule has 0 aliphatic carbocycles. The van der Waals surface area contributed by atoms with E-state index in [2.05, 4.69) is 9.97 Å². The van der Waals surface area contributed by atoms with Crippen LogP contribution in [0.25, 0.3) is 10.9 Å². The van der Waals surface area contributed by atoms with Gasteiger partial charge in [0, 0.05) is 35.9 Å². The summed E-state index contributed by atoms with van der Waals surface area (Å²) in [5.74, 6) is -0.0838. The molecule has 2 heterocycles. The van der Waals surface area contributed by atoms with Gasteiger partial charge in [0.15, 0.2) is 11.2 Å². The highest BCUT2D eigenvalue weighted by Gasteiger charge is 2.13. The number of rotatable bonds is 6. The normalized spacial score (nSPS) is 10.9. The van der Waals surface area contributed by atoms with E-state index in [-0.39, 0.29) is 16.8 Å². The number of unbranched alkanes of at least 4 members (excludes halogenated alkanes) is 1. The van der Waals surface area contributed by atoms with Crippen LogP contribution in [0.15, 0.2) is 53.7 Å². The summed E-state index contributed by atoms with van der Waals surface area (Å²) in [4.78, 5) is 32.0. The minimum absolute atomic E-state index is 0.0838. The molecule has 2 aromatic heterocycles. The summed E-state index contributed by atoms with van der Waals surface area (Å²) < 4.78 is 0. The van der Waals surface area contributed by atoms with Gasteiger partial charge in [-0.25, -0.2) is 0 Å². The van der Waals surface area contributed by atoms with Gasteiger partial charge in [-0.2, -0.15) is 0 Å². The van der Waals surface area contributed by atoms with Gasteiger partial charge in [-0.3, -0.25) is 14.6 Å². The Kier molecular flexibility index (Phi) is 4.85. The van der Waals surface area contributed by atoms with E-state index in [9.17, 15) is 9.59 Å². The third-order valence-corrected chi connectivity index (χ3v) is 4.16. The third-order valence-electron chi connectivity index (χ3n) is 4.16. The molecule has 0 aliphatic rings. The number of ketones is 1. The lowest BCUT2D eigenvalue weighted by Gasteiger charge is -2.06. The smallest absolute Gasteiger partial charge is 0.200 e. The van der Waals surface area contributed by atoms with Gasteiger partial charge in [-0.1, -0.05) is 19.4 Å². The van der Waals surface area contributed by atoms with Crippen molar-refractivity contribution in [1.29, 1.82) is 0 Å². The van der Waals surface area contributed by atoms with Crippen LogP contribution in [0.2, 0.25) is 0 Å². The molecule has 0 fully saturated rings. The second kappa shape index (κ2) is 7.21. The average molecular weight is 320 g/mol. The molecule has 0 atom stereocenters. The highest BCUT2D eigenvalue weighted by Crippen LogP contribution is 2.15. The largest absolute Gasteiger partial charge is 0.360 e. The Balaban J connectivity index is 1.97. The molecule has 0 radical (unpaired) electrons. The van der Waals surface area contributed by atoms with Crippen LogP contribution in [0, 0.1) is 0 Å². The first-order valence-electron chi connectivity index (χ1n) is 8.25. The van der Waals surface area contributed by atoms with Crippen molar-refractivity contribution in [2.45, 2.75) is 32.6 Å². The van der Waals surface area contributed by atoms with E-state index in [0.717, 1.165) is 35.9 Å². The predicted molar refractivity (Wildman–Crippen MR) is 95.5 cm³/mol. The molecule has 24 heavy (non-hydrogen) atoms. The molecule has 0 spiro atoms. The topological polar surface area (TPSA) is 62.8 Å². The lowest BCUT2D eigenvalue weighted by atomic mass is 10.0. The van der Waals surface area contributed by atoms with Crippen LogP contribution < -0.4 is 5.43 Å². The van der Waals surface area contributed by atoms with Crippen LogP contribution in [0.1, 0.15) is 47.7 Å². The summed E-state index contributed by atoms with van der Waals surface area (Å²) in [7, 11) is 0. The van der Waals surface area contributed by atoms with E-state index in [1.54, 1.807) is 18.6 Å². The van der Waals surface area contributed by atoms with Crippen molar-refractivity contribution in [2.24, 2.45) is 0 Å². The molecule has 0 amide bonds. The zero-order chi connectivity index (χ0) is 16.9. The first-order valence-corrected chi connectivity index (χ1v) is 8.25. The van der Waals surface area contributed by atoms with Crippen molar-refractivity contribution in [2.75, 3.05) is 0 Å². The van der Waals surface area contributed by atoms with E-state index in [4.69, 9.17) is 0 Å². The summed E-state index contributed by atoms with van der Waals surface area (Å²) >= 11 is 0. The van der Waals surface area contributed by atoms with Crippen LogP contribution in [0.5, 0.6) is 0 Å². The van der Waals surface area contributed by atoms with Crippen molar-refractivity contribution < 1.29 is 4.79 Å². The van der Waals surface area contributed by atoms with Crippen LogP contribution in [-0.2, 0) is 6.42 Å². The number of nitrogens with zero attached hydrogens (tertiary/aromatic N) is 1. The van der Waals surface area contributed by atoms with E-state index in [1.807, 2.05) is 37.3 Å². The Bertz CT molecular complexity index is 914. The van der Waals surface area contributed by atoms with Crippen molar-refractivity contribution >= 4 is 16.7 Å². The van der Waals surface area contributed by atoms with Gasteiger partial charge in [0.1, 0.15) is 0 Å². The van der Waals surface area contributed by atoms with Crippen LogP contribution >= 0.6 is 0 Å². The molecule has 1 aromatic carbocycles. The number of nitrogens with one attached hydrogen (secondary N) is 1. The van der Waals surface area contributed by atoms with Gasteiger partial charge in [0.2, 0.25) is 0 Å². The molecule has 3 rings (SSSR count). The number of benzene rings is 1. The summed E-state index contributed by atoms with van der Waals surface area (Å²) in [6, 6.07) is 9.69. The standard InChI is InChI=1S/C20H20N2O2/c1-2-3-4-19(23)17-13-22-18-6-5-15(12-16(18)20(17)24)11-14-7-9-21-10-8-14/h5-10,12-13H,2-4,11H2,1H3,(H,22,24). The molecule has 0 unspecified atom stereocenters. The highest BCUT2D eigenvalue weighted by molar-refractivity contribution is 5.98. The molecule has 0 saturated carbocycles. The van der Waals surface area contributed by atoms with Gasteiger partial charge in [0.25, 0.3) is 0 Å². The fraction of sp³-hybridized carbons (Fsp3) is 0.250. The number of carbonyl (C=O) groups is 1. The molecule has 122 valence electrons. The maximum absolute atomic E-state index is 12.7. The second-order valence-corrected chi connectivity index (χ2v) is 5.97. The van der Waals surface area contributed by atoms with E-state index < -0.39 is 0 Å². The van der Waals surface area contributed by atoms with Gasteiger partial charge < -0.3 is 4.98 Å². The lowest BCUT2D eigenvalue weighted by molar-refractivity contribution is 0.0978. The first-order chi connectivity index (χ1) is 11.7. The quantitative estimate of drug-likeness (QED) is 0.701. The lowest BCUT2D eigenvalue weighted by Crippen LogP contribution is -2.16. The highest BCUT2D eigenvalue weighted by atomic mass is 16.1. The van der Waals surface area contributed by atoms with Crippen LogP contribution in [-0.4, -0.2) is 15.8 Å². The monoisotopic (exact) mass is 320 g/mol. The van der Waals surface area contributed by atoms with Gasteiger partial charge in [-0.05, 0) is 48.2 Å². The number of hydrogen-bond acceptors (Lipinski definition) is 3. The van der Waals surface area contributed by atoms with Gasteiger partial charge in [-0.15, -0.1) is 0 Å². The number of pyridine rings is 2. The minimum Gasteiger partial charge on any atom is -0.360 e. The zero-order valence-electron chi connectivity index (χ0n) is 13.7. The fourth-order valence-corrected chi connectivity index (χ4v) is 2.79. The molecule has 0 bridgehead atoms. The van der Waals surface area contributed by atoms with E-state index in [0.29, 0.717) is 11.8 Å². The van der Waals surface area contributed by atoms with Crippen molar-refractivity contribution in [3.05, 3.63) is 75.8 Å². The average Bonchev–Trinajstić information content (AvgIpc) is 2.61. The number of fused-ring (bicyclic) bond motifs is 1. The third kappa shape index (κ3) is 3.43. The van der Waals surface area contributed by atoms with Crippen LogP contribution in [0.4, 0.5) is 0 Å². The number of H-pyrrole nitrogens is 1. The number of aromatic amines is 1. The molecule has 4 nitrogen and oxygen atoms in total. The second-order valence-electron chi connectivity index (χ2n) is 5.97. The Labute approximate surface area is 140 Å². The van der Waals surface area contributed by atoms with Crippen molar-refractivity contribution in [1.82, 2.24) is 9.97 Å². The summed E-state index contributed by atoms with van der Waals surface area (Å²) in [6.07, 6.45) is 7.95. The molecular formula is C20H20N2O2. The summed E-state index contributed by atoms with van der Waals surface area (Å²) in [6.45, 7) is 2.03. The molecule has 0 aliphatic heterocycles. The summed E-state index contributed by atoms with van der Waals surface area (Å²) in [5, 5.41) is 0.573. The Morgan fingerprint density at radius 2 is 1.92 bits per heavy atom. The molecule has 0 saturated heterocycles. The fourth-order valence-electron chi connectivity index (χ4n) is 2.79. The number of aromatic nitrogens is 2. The van der Waals surface area contributed by atoms with E-state index >= 15 is 0 Å². The number of hydrogen-bond donors (Lipinski definition) is 1. The SMILES string of the molecule is CCCCC(=O)c1c[nH]c2ccc(Cc3ccncc3)cc2c1=O. The van der Waals surface area contributed by atoms with Gasteiger partial charge >= 0.3 is 0 Å². The maximum Gasteiger partial charge on any atom is 0.200 e. The zero-order valence-corrected chi connectivity index (χ0v) is 13.7. The molecule has 3 aromatic rings. The van der Waals surface area contributed by atoms with Crippen molar-refractivity contribution in [3.8, 4) is 0 Å². The van der Waals surface area contributed by atoms with Gasteiger partial charge in [0.05, 0.1) is 5.56 Å². The summed E-state index contributed by atoms with van der Waals surface area (Å²) in [5.41, 5.74) is 3.01. The number of carbonyl (C=O) groups excluding carboxylic acids is 1. The Morgan fingerprint density at radius 3 is 2.67 bits per heavy atom. The number of Topliss-reactive ketones (excluding diaryl/α,β-unsaturated/α-hetero) is 1. The Hall–Kier alpha value is -2.75. The molecule has 4 heteroatoms. The maximum atomic E-state index is 12.7. The first kappa shape index (κ1) is 16.1. The van der Waals surface area contributed by atoms with E-state index in [1.165, 1.54) is 0 Å². The molecule has 1 N–H and O–H groups in total. The molecular weight excluding hydrogens is 300 g/mol. The van der Waals surface area contributed by atoms with Crippen molar-refractivity contribution in [3.63, 3.8) is 0 Å². The Morgan fingerprint density at radius 1 is 1.12 bits per heavy atom. The van der Waals surface area contributed by atoms with Crippen LogP contribution in [0.3, 0.4) is 0 Å². The predicted octanol–water partition coefficient (Wildman–Crippen LogP) is 3.89. The minimum atomic E-state index is -0.179.